The number of hydrogen-bond donors (Lipinski definition) is 0. The van der Waals surface area contributed by atoms with Crippen LogP contribution in [0.5, 0.6) is 11.5 Å². The molecule has 6 nitrogen and oxygen atoms in total. The number of benzene rings is 3. The van der Waals surface area contributed by atoms with E-state index in [0.29, 0.717) is 0 Å². The van der Waals surface area contributed by atoms with Crippen LogP contribution in [0, 0.1) is 0 Å². The number of aromatic nitrogens is 5. The lowest BCUT2D eigenvalue weighted by atomic mass is 9.84. The van der Waals surface area contributed by atoms with Crippen LogP contribution in [-0.4, -0.2) is 14.0 Å². The predicted molar refractivity (Wildman–Crippen MR) is 143 cm³/mol. The van der Waals surface area contributed by atoms with Gasteiger partial charge in [-0.3, -0.25) is 4.40 Å². The molecule has 0 N–H and O–H groups in total. The maximum atomic E-state index is 6.79. The minimum Gasteiger partial charge on any atom is -0.456 e. The van der Waals surface area contributed by atoms with Crippen LogP contribution in [0.25, 0.3) is 55.1 Å². The molecule has 8 aromatic rings. The Balaban J connectivity index is 1.51. The van der Waals surface area contributed by atoms with E-state index in [1.54, 1.807) is 0 Å². The molecular formula is C32H17N5O+2. The van der Waals surface area contributed by atoms with Gasteiger partial charge in [0, 0.05) is 40.7 Å². The number of para-hydroxylation sites is 1. The zero-order valence-electron chi connectivity index (χ0n) is 20.0. The summed E-state index contributed by atoms with van der Waals surface area (Å²) in [6, 6.07) is 28.3. The van der Waals surface area contributed by atoms with Gasteiger partial charge in [-0.25, -0.2) is 4.98 Å². The second kappa shape index (κ2) is 5.53. The van der Waals surface area contributed by atoms with Gasteiger partial charge >= 0.3 is 5.66 Å². The van der Waals surface area contributed by atoms with Gasteiger partial charge in [0.15, 0.2) is 17.3 Å². The first-order valence-electron chi connectivity index (χ1n) is 12.9. The van der Waals surface area contributed by atoms with E-state index in [9.17, 15) is 0 Å². The standard InChI is InChI=1S/C32H17N5O/c1-2-7-21-18(6-1)19-10-12-24-28-29(19)37(21)25-9-3-4-15-35(25)32(28)27-23(38-24)13-11-20-26(27)30-22(8-5-16-36(30)32)34-17-14-33-31(20)34/h1-17H/q+2. The molecule has 1 atom stereocenters. The van der Waals surface area contributed by atoms with Crippen LogP contribution in [0.3, 0.4) is 0 Å². The number of pyridine rings is 3. The highest BCUT2D eigenvalue weighted by Gasteiger charge is 2.66. The molecule has 1 unspecified atom stereocenters. The Morgan fingerprint density at radius 2 is 1.53 bits per heavy atom. The quantitative estimate of drug-likeness (QED) is 0.214. The lowest BCUT2D eigenvalue weighted by Gasteiger charge is -2.34. The first-order chi connectivity index (χ1) is 18.9. The average Bonchev–Trinajstić information content (AvgIpc) is 3.67. The molecule has 174 valence electrons. The first-order valence-corrected chi connectivity index (χ1v) is 12.9. The SMILES string of the molecule is c1cc[n+]2c(c1)-n1c3ccccc3c3ccc4c(c31)C21c2c(ccc3c2c2c(ccc[n+]21)n1ccnc31)O4. The fourth-order valence-electron chi connectivity index (χ4n) is 7.78. The highest BCUT2D eigenvalue weighted by molar-refractivity contribution is 6.15. The molecule has 1 spiro atoms. The predicted octanol–water partition coefficient (Wildman–Crippen LogP) is 5.34. The van der Waals surface area contributed by atoms with Crippen LogP contribution >= 0.6 is 0 Å². The molecule has 0 fully saturated rings. The summed E-state index contributed by atoms with van der Waals surface area (Å²) in [7, 11) is 0. The maximum Gasteiger partial charge on any atom is 0.374 e. The van der Waals surface area contributed by atoms with Gasteiger partial charge in [-0.1, -0.05) is 18.2 Å². The van der Waals surface area contributed by atoms with Gasteiger partial charge in [-0.05, 0) is 48.5 Å². The van der Waals surface area contributed by atoms with Crippen molar-refractivity contribution >= 4 is 49.3 Å². The Kier molecular flexibility index (Phi) is 2.63. The summed E-state index contributed by atoms with van der Waals surface area (Å²) in [6.07, 6.45) is 8.42. The van der Waals surface area contributed by atoms with Gasteiger partial charge in [0.2, 0.25) is 5.52 Å². The molecule has 5 aromatic heterocycles. The highest BCUT2D eigenvalue weighted by Crippen LogP contribution is 2.56. The van der Waals surface area contributed by atoms with Crippen molar-refractivity contribution in [3.05, 3.63) is 115 Å². The lowest BCUT2D eigenvalue weighted by Crippen LogP contribution is -2.75. The van der Waals surface area contributed by atoms with Crippen LogP contribution in [-0.2, 0) is 5.66 Å². The smallest absolute Gasteiger partial charge is 0.374 e. The topological polar surface area (TPSA) is 39.2 Å². The number of fused-ring (bicyclic) bond motifs is 8. The number of imidazole rings is 1. The average molecular weight is 488 g/mol. The summed E-state index contributed by atoms with van der Waals surface area (Å²) in [4.78, 5) is 4.79. The second-order valence-electron chi connectivity index (χ2n) is 10.5. The number of rotatable bonds is 0. The Bertz CT molecular complexity index is 2450. The van der Waals surface area contributed by atoms with Crippen molar-refractivity contribution in [2.45, 2.75) is 5.66 Å². The van der Waals surface area contributed by atoms with E-state index in [-0.39, 0.29) is 0 Å². The van der Waals surface area contributed by atoms with E-state index < -0.39 is 5.66 Å². The molecule has 0 saturated carbocycles. The monoisotopic (exact) mass is 487 g/mol. The Labute approximate surface area is 214 Å². The molecule has 0 amide bonds. The third-order valence-corrected chi connectivity index (χ3v) is 9.00. The summed E-state index contributed by atoms with van der Waals surface area (Å²) in [5.41, 5.74) is 7.45. The Hall–Kier alpha value is -5.23. The Morgan fingerprint density at radius 1 is 0.711 bits per heavy atom. The summed E-state index contributed by atoms with van der Waals surface area (Å²) < 4.78 is 16.4. The third-order valence-electron chi connectivity index (χ3n) is 9.00. The van der Waals surface area contributed by atoms with Gasteiger partial charge in [-0.2, -0.15) is 9.13 Å². The summed E-state index contributed by atoms with van der Waals surface area (Å²) in [5, 5.41) is 4.85. The lowest BCUT2D eigenvalue weighted by molar-refractivity contribution is -0.956. The van der Waals surface area contributed by atoms with E-state index in [0.717, 1.165) is 33.9 Å². The van der Waals surface area contributed by atoms with Gasteiger partial charge in [0.05, 0.1) is 11.6 Å². The fourth-order valence-corrected chi connectivity index (χ4v) is 7.78. The highest BCUT2D eigenvalue weighted by atomic mass is 16.5. The van der Waals surface area contributed by atoms with Gasteiger partial charge in [-0.15, -0.1) is 4.57 Å². The molecule has 3 aromatic carbocycles. The van der Waals surface area contributed by atoms with Gasteiger partial charge < -0.3 is 4.74 Å². The van der Waals surface area contributed by atoms with E-state index in [4.69, 9.17) is 9.72 Å². The molecule has 38 heavy (non-hydrogen) atoms. The van der Waals surface area contributed by atoms with Crippen LogP contribution in [0.15, 0.2) is 104 Å². The summed E-state index contributed by atoms with van der Waals surface area (Å²) >= 11 is 0. The molecule has 6 heteroatoms. The van der Waals surface area contributed by atoms with Crippen LogP contribution in [0.2, 0.25) is 0 Å². The minimum absolute atomic E-state index is 0.635. The number of ether oxygens (including phenoxy) is 1. The number of hydrogen-bond acceptors (Lipinski definition) is 2. The Morgan fingerprint density at radius 3 is 2.50 bits per heavy atom. The normalized spacial score (nSPS) is 17.8. The van der Waals surface area contributed by atoms with Gasteiger partial charge in [0.1, 0.15) is 33.7 Å². The van der Waals surface area contributed by atoms with Crippen LogP contribution < -0.4 is 13.9 Å². The summed E-state index contributed by atoms with van der Waals surface area (Å²) in [5.74, 6) is 2.94. The summed E-state index contributed by atoms with van der Waals surface area (Å²) in [6.45, 7) is 0. The third kappa shape index (κ3) is 1.59. The van der Waals surface area contributed by atoms with Gasteiger partial charge in [0.25, 0.3) is 5.82 Å². The molecular weight excluding hydrogens is 470 g/mol. The molecule has 0 saturated heterocycles. The zero-order valence-corrected chi connectivity index (χ0v) is 20.0. The van der Waals surface area contributed by atoms with Crippen molar-refractivity contribution in [3.8, 4) is 17.3 Å². The van der Waals surface area contributed by atoms with E-state index in [1.165, 1.54) is 43.8 Å². The van der Waals surface area contributed by atoms with E-state index in [2.05, 4.69) is 116 Å². The van der Waals surface area contributed by atoms with Crippen LogP contribution in [0.1, 0.15) is 11.1 Å². The first kappa shape index (κ1) is 18.1. The van der Waals surface area contributed by atoms with Crippen molar-refractivity contribution in [1.29, 1.82) is 0 Å². The fraction of sp³-hybridized carbons (Fsp3) is 0.0312. The van der Waals surface area contributed by atoms with Crippen molar-refractivity contribution in [1.82, 2.24) is 14.0 Å². The van der Waals surface area contributed by atoms with Crippen LogP contribution in [0.4, 0.5) is 0 Å². The molecule has 3 aliphatic rings. The second-order valence-corrected chi connectivity index (χ2v) is 10.5. The maximum absolute atomic E-state index is 6.79. The molecule has 0 aliphatic carbocycles. The molecule has 8 heterocycles. The van der Waals surface area contributed by atoms with Crippen molar-refractivity contribution in [2.75, 3.05) is 0 Å². The molecule has 3 aliphatic heterocycles. The zero-order chi connectivity index (χ0) is 24.3. The largest absolute Gasteiger partial charge is 0.456 e. The number of nitrogens with zero attached hydrogens (tertiary/aromatic N) is 5. The van der Waals surface area contributed by atoms with Crippen molar-refractivity contribution < 1.29 is 13.9 Å². The van der Waals surface area contributed by atoms with E-state index in [1.807, 2.05) is 6.20 Å². The molecule has 11 rings (SSSR count). The molecule has 0 radical (unpaired) electrons. The van der Waals surface area contributed by atoms with E-state index >= 15 is 0 Å². The minimum atomic E-state index is -0.635. The van der Waals surface area contributed by atoms with Crippen molar-refractivity contribution in [2.24, 2.45) is 0 Å². The van der Waals surface area contributed by atoms with Crippen molar-refractivity contribution in [3.63, 3.8) is 0 Å². The molecule has 0 bridgehead atoms.